The van der Waals surface area contributed by atoms with E-state index < -0.39 is 5.92 Å². The number of rotatable bonds is 2. The van der Waals surface area contributed by atoms with E-state index >= 15 is 0 Å². The van der Waals surface area contributed by atoms with Crippen LogP contribution < -0.4 is 5.84 Å². The van der Waals surface area contributed by atoms with Crippen molar-refractivity contribution in [2.75, 3.05) is 13.7 Å². The molecule has 5 heteroatoms. The average molecular weight is 186 g/mol. The van der Waals surface area contributed by atoms with Crippen molar-refractivity contribution in [1.29, 1.82) is 0 Å². The fourth-order valence-corrected chi connectivity index (χ4v) is 1.54. The van der Waals surface area contributed by atoms with Gasteiger partial charge < -0.3 is 4.74 Å². The third kappa shape index (κ3) is 1.80. The Morgan fingerprint density at radius 1 is 1.77 bits per heavy atom. The molecular weight excluding hydrogens is 172 g/mol. The van der Waals surface area contributed by atoms with Gasteiger partial charge in [-0.25, -0.2) is 5.84 Å². The van der Waals surface area contributed by atoms with Gasteiger partial charge in [0.2, 0.25) is 5.91 Å². The van der Waals surface area contributed by atoms with E-state index in [0.717, 1.165) is 5.01 Å². The van der Waals surface area contributed by atoms with Crippen molar-refractivity contribution >= 4 is 11.9 Å². The van der Waals surface area contributed by atoms with Crippen LogP contribution in [0.15, 0.2) is 0 Å². The molecule has 74 valence electrons. The molecule has 0 radical (unpaired) electrons. The first-order valence-electron chi connectivity index (χ1n) is 4.21. The summed E-state index contributed by atoms with van der Waals surface area (Å²) in [6, 6.07) is 0. The average Bonchev–Trinajstić information content (AvgIpc) is 2.45. The lowest BCUT2D eigenvalue weighted by atomic mass is 9.93. The highest BCUT2D eigenvalue weighted by molar-refractivity contribution is 5.86. The van der Waals surface area contributed by atoms with Gasteiger partial charge in [0.1, 0.15) is 0 Å². The first-order valence-corrected chi connectivity index (χ1v) is 4.21. The third-order valence-electron chi connectivity index (χ3n) is 2.46. The van der Waals surface area contributed by atoms with E-state index in [2.05, 4.69) is 4.74 Å². The third-order valence-corrected chi connectivity index (χ3v) is 2.46. The van der Waals surface area contributed by atoms with E-state index in [1.807, 2.05) is 0 Å². The molecule has 0 bridgehead atoms. The number of nitrogens with two attached hydrogens (primary N) is 1. The molecule has 1 rings (SSSR count). The van der Waals surface area contributed by atoms with Crippen LogP contribution in [0.3, 0.4) is 0 Å². The number of hydrogen-bond donors (Lipinski definition) is 1. The molecule has 0 aromatic carbocycles. The second-order valence-electron chi connectivity index (χ2n) is 3.24. The summed E-state index contributed by atoms with van der Waals surface area (Å²) in [4.78, 5) is 22.5. The summed E-state index contributed by atoms with van der Waals surface area (Å²) in [5.74, 6) is 4.15. The minimum absolute atomic E-state index is 0.169. The van der Waals surface area contributed by atoms with Crippen LogP contribution in [0.4, 0.5) is 0 Å². The van der Waals surface area contributed by atoms with Crippen LogP contribution in [0, 0.1) is 11.8 Å². The maximum Gasteiger partial charge on any atom is 0.309 e. The van der Waals surface area contributed by atoms with Crippen LogP contribution in [0.2, 0.25) is 0 Å². The number of ether oxygens (including phenoxy) is 1. The number of carbonyl (C=O) groups excluding carboxylic acids is 2. The number of amides is 1. The molecule has 0 aromatic heterocycles. The lowest BCUT2D eigenvalue weighted by Gasteiger charge is -2.14. The van der Waals surface area contributed by atoms with E-state index in [0.29, 0.717) is 13.0 Å². The largest absolute Gasteiger partial charge is 0.469 e. The normalized spacial score (nSPS) is 24.7. The summed E-state index contributed by atoms with van der Waals surface area (Å²) < 4.78 is 4.56. The molecule has 1 amide bonds. The van der Waals surface area contributed by atoms with Gasteiger partial charge >= 0.3 is 5.97 Å². The van der Waals surface area contributed by atoms with Crippen LogP contribution in [-0.2, 0) is 14.3 Å². The van der Waals surface area contributed by atoms with Gasteiger partial charge in [-0.2, -0.15) is 0 Å². The second-order valence-corrected chi connectivity index (χ2v) is 3.24. The quantitative estimate of drug-likeness (QED) is 0.359. The molecule has 0 unspecified atom stereocenters. The summed E-state index contributed by atoms with van der Waals surface area (Å²) in [5.41, 5.74) is 0. The number of methoxy groups -OCH3 is 1. The molecule has 1 saturated heterocycles. The Kier molecular flexibility index (Phi) is 2.87. The van der Waals surface area contributed by atoms with Crippen molar-refractivity contribution in [3.05, 3.63) is 0 Å². The minimum Gasteiger partial charge on any atom is -0.469 e. The molecule has 2 N–H and O–H groups in total. The Bertz CT molecular complexity index is 229. The fraction of sp³-hybridized carbons (Fsp3) is 0.750. The number of carbonyl (C=O) groups is 2. The van der Waals surface area contributed by atoms with Gasteiger partial charge in [-0.15, -0.1) is 0 Å². The predicted molar refractivity (Wildman–Crippen MR) is 45.2 cm³/mol. The SMILES string of the molecule is COC(=O)[C@@H](C)[C@H]1CCN(N)C1=O. The summed E-state index contributed by atoms with van der Waals surface area (Å²) in [5, 5.41) is 1.16. The van der Waals surface area contributed by atoms with Gasteiger partial charge in [0.05, 0.1) is 18.9 Å². The smallest absolute Gasteiger partial charge is 0.309 e. The molecule has 1 fully saturated rings. The van der Waals surface area contributed by atoms with E-state index in [4.69, 9.17) is 5.84 Å². The van der Waals surface area contributed by atoms with E-state index in [-0.39, 0.29) is 17.8 Å². The van der Waals surface area contributed by atoms with E-state index in [1.165, 1.54) is 7.11 Å². The van der Waals surface area contributed by atoms with Gasteiger partial charge in [-0.05, 0) is 6.42 Å². The standard InChI is InChI=1S/C8H14N2O3/c1-5(8(12)13-2)6-3-4-10(9)7(6)11/h5-6H,3-4,9H2,1-2H3/t5-,6+/m0/s1. The minimum atomic E-state index is -0.397. The zero-order valence-corrected chi connectivity index (χ0v) is 7.82. The van der Waals surface area contributed by atoms with Crippen molar-refractivity contribution in [2.24, 2.45) is 17.7 Å². The highest BCUT2D eigenvalue weighted by Gasteiger charge is 2.37. The van der Waals surface area contributed by atoms with Crippen LogP contribution in [0.25, 0.3) is 0 Å². The Hall–Kier alpha value is -1.10. The number of hydrazine groups is 1. The van der Waals surface area contributed by atoms with Crippen molar-refractivity contribution in [2.45, 2.75) is 13.3 Å². The summed E-state index contributed by atoms with van der Waals surface area (Å²) in [7, 11) is 1.32. The van der Waals surface area contributed by atoms with Crippen molar-refractivity contribution in [3.8, 4) is 0 Å². The lowest BCUT2D eigenvalue weighted by molar-refractivity contribution is -0.150. The highest BCUT2D eigenvalue weighted by atomic mass is 16.5. The topological polar surface area (TPSA) is 72.6 Å². The second kappa shape index (κ2) is 3.74. The Morgan fingerprint density at radius 3 is 2.77 bits per heavy atom. The Balaban J connectivity index is 2.63. The molecule has 13 heavy (non-hydrogen) atoms. The van der Waals surface area contributed by atoms with Crippen molar-refractivity contribution in [1.82, 2.24) is 5.01 Å². The maximum atomic E-state index is 11.4. The molecule has 5 nitrogen and oxygen atoms in total. The van der Waals surface area contributed by atoms with Crippen LogP contribution in [0.5, 0.6) is 0 Å². The zero-order chi connectivity index (χ0) is 10.0. The molecule has 0 saturated carbocycles. The molecule has 1 aliphatic heterocycles. The van der Waals surface area contributed by atoms with Crippen LogP contribution in [-0.4, -0.2) is 30.5 Å². The number of esters is 1. The van der Waals surface area contributed by atoms with Gasteiger partial charge in [0, 0.05) is 6.54 Å². The number of nitrogens with zero attached hydrogens (tertiary/aromatic N) is 1. The molecular formula is C8H14N2O3. The molecule has 1 heterocycles. The van der Waals surface area contributed by atoms with Crippen molar-refractivity contribution < 1.29 is 14.3 Å². The predicted octanol–water partition coefficient (Wildman–Crippen LogP) is -0.482. The first-order chi connectivity index (χ1) is 6.07. The monoisotopic (exact) mass is 186 g/mol. The summed E-state index contributed by atoms with van der Waals surface area (Å²) in [6.45, 7) is 2.21. The van der Waals surface area contributed by atoms with Crippen LogP contribution in [0.1, 0.15) is 13.3 Å². The van der Waals surface area contributed by atoms with Gasteiger partial charge in [0.15, 0.2) is 0 Å². The Morgan fingerprint density at radius 2 is 2.38 bits per heavy atom. The van der Waals surface area contributed by atoms with E-state index in [9.17, 15) is 9.59 Å². The molecule has 0 spiro atoms. The first kappa shape index (κ1) is 9.98. The highest BCUT2D eigenvalue weighted by Crippen LogP contribution is 2.24. The van der Waals surface area contributed by atoms with Gasteiger partial charge in [-0.3, -0.25) is 14.6 Å². The van der Waals surface area contributed by atoms with Gasteiger partial charge in [-0.1, -0.05) is 6.92 Å². The summed E-state index contributed by atoms with van der Waals surface area (Å²) >= 11 is 0. The summed E-state index contributed by atoms with van der Waals surface area (Å²) in [6.07, 6.45) is 0.631. The van der Waals surface area contributed by atoms with E-state index in [1.54, 1.807) is 6.92 Å². The molecule has 2 atom stereocenters. The molecule has 1 aliphatic rings. The lowest BCUT2D eigenvalue weighted by Crippen LogP contribution is -2.36. The van der Waals surface area contributed by atoms with Crippen molar-refractivity contribution in [3.63, 3.8) is 0 Å². The Labute approximate surface area is 76.8 Å². The van der Waals surface area contributed by atoms with Gasteiger partial charge in [0.25, 0.3) is 0 Å². The molecule has 0 aliphatic carbocycles. The van der Waals surface area contributed by atoms with Crippen LogP contribution >= 0.6 is 0 Å². The maximum absolute atomic E-state index is 11.4. The fourth-order valence-electron chi connectivity index (χ4n) is 1.54. The molecule has 0 aromatic rings. The number of hydrogen-bond acceptors (Lipinski definition) is 4. The zero-order valence-electron chi connectivity index (χ0n) is 7.82.